The van der Waals surface area contributed by atoms with Crippen LogP contribution in [0.4, 0.5) is 0 Å². The van der Waals surface area contributed by atoms with Crippen molar-refractivity contribution in [3.8, 4) is 11.5 Å². The summed E-state index contributed by atoms with van der Waals surface area (Å²) in [6, 6.07) is 13.7. The van der Waals surface area contributed by atoms with E-state index in [4.69, 9.17) is 15.2 Å². The summed E-state index contributed by atoms with van der Waals surface area (Å²) < 4.78 is 11.5. The van der Waals surface area contributed by atoms with E-state index >= 15 is 0 Å². The third-order valence-electron chi connectivity index (χ3n) is 7.43. The van der Waals surface area contributed by atoms with Gasteiger partial charge < -0.3 is 20.5 Å². The van der Waals surface area contributed by atoms with Crippen LogP contribution in [-0.2, 0) is 11.2 Å². The number of amides is 2. The molecule has 0 spiro atoms. The number of carbonyl (C=O) groups is 2. The lowest BCUT2D eigenvalue weighted by Gasteiger charge is -2.32. The molecule has 8 heteroatoms. The van der Waals surface area contributed by atoms with Gasteiger partial charge in [0.1, 0.15) is 11.5 Å². The summed E-state index contributed by atoms with van der Waals surface area (Å²) in [5, 5.41) is 3.20. The summed E-state index contributed by atoms with van der Waals surface area (Å²) in [7, 11) is 1.65. The first-order chi connectivity index (χ1) is 17.7. The summed E-state index contributed by atoms with van der Waals surface area (Å²) >= 11 is 0. The predicted octanol–water partition coefficient (Wildman–Crippen LogP) is 4.23. The summed E-state index contributed by atoms with van der Waals surface area (Å²) in [6.07, 6.45) is 4.43. The Bertz CT molecular complexity index is 1180. The quantitative estimate of drug-likeness (QED) is 0.648. The van der Waals surface area contributed by atoms with Gasteiger partial charge in [0, 0.05) is 24.1 Å². The molecule has 3 unspecified atom stereocenters. The SMILES string of the molecule is CC1COc2ccccc2C1NC(=O)c1ccc2c(c1)CCCCO2.CCC1(C)CC(=O)N(C)C(N)=N1. The summed E-state index contributed by atoms with van der Waals surface area (Å²) in [5.41, 5.74) is 8.16. The molecule has 5 rings (SSSR count). The van der Waals surface area contributed by atoms with Crippen molar-refractivity contribution < 1.29 is 19.1 Å². The zero-order valence-electron chi connectivity index (χ0n) is 22.3. The second-order valence-electron chi connectivity index (χ2n) is 10.4. The Labute approximate surface area is 219 Å². The van der Waals surface area contributed by atoms with Crippen LogP contribution >= 0.6 is 0 Å². The highest BCUT2D eigenvalue weighted by atomic mass is 16.5. The summed E-state index contributed by atoms with van der Waals surface area (Å²) in [6.45, 7) is 7.43. The molecule has 3 aliphatic rings. The molecule has 3 atom stereocenters. The van der Waals surface area contributed by atoms with Crippen molar-refractivity contribution in [2.24, 2.45) is 16.6 Å². The monoisotopic (exact) mass is 506 g/mol. The van der Waals surface area contributed by atoms with E-state index in [1.165, 1.54) is 4.90 Å². The number of fused-ring (bicyclic) bond motifs is 2. The standard InChI is InChI=1S/C21H23NO3.C8H15N3O/c1-14-13-25-19-8-3-2-7-17(19)20(14)22-21(23)16-9-10-18-15(12-16)6-4-5-11-24-18;1-4-8(2)5-6(12)11(3)7(9)10-8/h2-3,7-10,12,14,20H,4-6,11,13H2,1H3,(H,22,23);4-5H2,1-3H3,(H2,9,10). The second kappa shape index (κ2) is 11.2. The number of guanidine groups is 1. The molecule has 3 N–H and O–H groups in total. The number of ether oxygens (including phenoxy) is 2. The van der Waals surface area contributed by atoms with Gasteiger partial charge in [-0.2, -0.15) is 0 Å². The summed E-state index contributed by atoms with van der Waals surface area (Å²) in [4.78, 5) is 29.9. The van der Waals surface area contributed by atoms with Crippen LogP contribution in [0.5, 0.6) is 11.5 Å². The fourth-order valence-electron chi connectivity index (χ4n) is 4.76. The predicted molar refractivity (Wildman–Crippen MR) is 144 cm³/mol. The molecule has 3 aliphatic heterocycles. The van der Waals surface area contributed by atoms with E-state index < -0.39 is 0 Å². The number of nitrogens with one attached hydrogen (secondary N) is 1. The largest absolute Gasteiger partial charge is 0.493 e. The van der Waals surface area contributed by atoms with Gasteiger partial charge in [0.05, 0.1) is 31.2 Å². The zero-order valence-corrected chi connectivity index (χ0v) is 22.3. The second-order valence-corrected chi connectivity index (χ2v) is 10.4. The maximum Gasteiger partial charge on any atom is 0.251 e. The minimum atomic E-state index is -0.284. The van der Waals surface area contributed by atoms with Gasteiger partial charge in [0.25, 0.3) is 5.91 Å². The zero-order chi connectivity index (χ0) is 26.6. The van der Waals surface area contributed by atoms with Gasteiger partial charge >= 0.3 is 0 Å². The fraction of sp³-hybridized carbons (Fsp3) is 0.483. The van der Waals surface area contributed by atoms with Gasteiger partial charge in [-0.3, -0.25) is 14.5 Å². The van der Waals surface area contributed by atoms with Crippen LogP contribution in [0.1, 0.15) is 74.0 Å². The number of hydrogen-bond donors (Lipinski definition) is 2. The molecule has 198 valence electrons. The van der Waals surface area contributed by atoms with Crippen molar-refractivity contribution in [3.63, 3.8) is 0 Å². The Morgan fingerprint density at radius 3 is 2.73 bits per heavy atom. The van der Waals surface area contributed by atoms with Crippen molar-refractivity contribution in [1.82, 2.24) is 10.2 Å². The molecule has 3 heterocycles. The van der Waals surface area contributed by atoms with E-state index in [2.05, 4.69) is 17.2 Å². The van der Waals surface area contributed by atoms with Crippen LogP contribution in [0.25, 0.3) is 0 Å². The Hall–Kier alpha value is -3.55. The lowest BCUT2D eigenvalue weighted by atomic mass is 9.91. The average Bonchev–Trinajstić information content (AvgIpc) is 3.14. The number of rotatable bonds is 3. The first-order valence-corrected chi connectivity index (χ1v) is 13.1. The van der Waals surface area contributed by atoms with Gasteiger partial charge in [0.2, 0.25) is 5.91 Å². The smallest absolute Gasteiger partial charge is 0.251 e. The van der Waals surface area contributed by atoms with Crippen LogP contribution < -0.4 is 20.5 Å². The number of benzene rings is 2. The average molecular weight is 507 g/mol. The molecule has 0 radical (unpaired) electrons. The Kier molecular flexibility index (Phi) is 8.05. The number of hydrogen-bond acceptors (Lipinski definition) is 6. The van der Waals surface area contributed by atoms with Gasteiger partial charge in [-0.25, -0.2) is 4.99 Å². The molecule has 0 saturated heterocycles. The van der Waals surface area contributed by atoms with E-state index in [0.29, 0.717) is 24.6 Å². The maximum atomic E-state index is 12.8. The minimum absolute atomic E-state index is 0.0347. The highest BCUT2D eigenvalue weighted by Crippen LogP contribution is 2.35. The molecule has 8 nitrogen and oxygen atoms in total. The molecule has 37 heavy (non-hydrogen) atoms. The molecule has 0 aromatic heterocycles. The number of nitrogens with two attached hydrogens (primary N) is 1. The Balaban J connectivity index is 0.000000225. The third-order valence-corrected chi connectivity index (χ3v) is 7.43. The van der Waals surface area contributed by atoms with Crippen molar-refractivity contribution in [1.29, 1.82) is 0 Å². The van der Waals surface area contributed by atoms with E-state index in [1.54, 1.807) is 7.05 Å². The first kappa shape index (κ1) is 26.5. The van der Waals surface area contributed by atoms with Crippen LogP contribution in [-0.4, -0.2) is 48.5 Å². The van der Waals surface area contributed by atoms with Crippen molar-refractivity contribution in [2.75, 3.05) is 20.3 Å². The van der Waals surface area contributed by atoms with Crippen LogP contribution in [0.2, 0.25) is 0 Å². The van der Waals surface area contributed by atoms with E-state index in [-0.39, 0.29) is 29.3 Å². The van der Waals surface area contributed by atoms with Crippen LogP contribution in [0.15, 0.2) is 47.5 Å². The normalized spacial score (nSPS) is 24.6. The van der Waals surface area contributed by atoms with Gasteiger partial charge in [0.15, 0.2) is 5.96 Å². The molecule has 0 fully saturated rings. The summed E-state index contributed by atoms with van der Waals surface area (Å²) in [5.74, 6) is 2.34. The molecule has 0 aliphatic carbocycles. The maximum absolute atomic E-state index is 12.8. The number of carbonyl (C=O) groups excluding carboxylic acids is 2. The Morgan fingerprint density at radius 1 is 1.19 bits per heavy atom. The minimum Gasteiger partial charge on any atom is -0.493 e. The lowest BCUT2D eigenvalue weighted by molar-refractivity contribution is -0.128. The molecular formula is C29H38N4O4. The molecule has 2 aromatic rings. The van der Waals surface area contributed by atoms with E-state index in [1.807, 2.05) is 56.3 Å². The van der Waals surface area contributed by atoms with Crippen molar-refractivity contribution >= 4 is 17.8 Å². The highest BCUT2D eigenvalue weighted by molar-refractivity contribution is 5.98. The number of nitrogens with zero attached hydrogens (tertiary/aromatic N) is 2. The topological polar surface area (TPSA) is 106 Å². The number of aliphatic imine (C=N–C) groups is 1. The Morgan fingerprint density at radius 2 is 1.97 bits per heavy atom. The lowest BCUT2D eigenvalue weighted by Crippen LogP contribution is -2.48. The molecule has 2 aromatic carbocycles. The van der Waals surface area contributed by atoms with Crippen LogP contribution in [0.3, 0.4) is 0 Å². The van der Waals surface area contributed by atoms with Crippen LogP contribution in [0, 0.1) is 5.92 Å². The van der Waals surface area contributed by atoms with Gasteiger partial charge in [-0.05, 0) is 62.4 Å². The van der Waals surface area contributed by atoms with Crippen molar-refractivity contribution in [3.05, 3.63) is 59.2 Å². The van der Waals surface area contributed by atoms with Gasteiger partial charge in [-0.1, -0.05) is 32.0 Å². The molecule has 2 amide bonds. The first-order valence-electron chi connectivity index (χ1n) is 13.1. The third kappa shape index (κ3) is 6.06. The number of para-hydroxylation sites is 1. The molecular weight excluding hydrogens is 468 g/mol. The highest BCUT2D eigenvalue weighted by Gasteiger charge is 2.33. The van der Waals surface area contributed by atoms with E-state index in [9.17, 15) is 9.59 Å². The molecule has 0 saturated carbocycles. The van der Waals surface area contributed by atoms with E-state index in [0.717, 1.165) is 54.9 Å². The fourth-order valence-corrected chi connectivity index (χ4v) is 4.76. The number of aryl methyl sites for hydroxylation is 1. The van der Waals surface area contributed by atoms with Gasteiger partial charge in [-0.15, -0.1) is 0 Å². The van der Waals surface area contributed by atoms with Crippen molar-refractivity contribution in [2.45, 2.75) is 64.5 Å². The molecule has 0 bridgehead atoms.